The number of aryl methyl sites for hydroxylation is 1. The van der Waals surface area contributed by atoms with Crippen molar-refractivity contribution < 1.29 is 23.5 Å². The van der Waals surface area contributed by atoms with Crippen molar-refractivity contribution in [2.75, 3.05) is 6.54 Å². The Balaban J connectivity index is 1.86. The molecule has 6 nitrogen and oxygen atoms in total. The van der Waals surface area contributed by atoms with Gasteiger partial charge in [-0.2, -0.15) is 5.10 Å². The lowest BCUT2D eigenvalue weighted by molar-refractivity contribution is -0.137. The van der Waals surface area contributed by atoms with E-state index >= 15 is 0 Å². The summed E-state index contributed by atoms with van der Waals surface area (Å²) in [7, 11) is 0. The molecule has 0 radical (unpaired) electrons. The quantitative estimate of drug-likeness (QED) is 0.840. The molecule has 0 saturated carbocycles. The van der Waals surface area contributed by atoms with Crippen molar-refractivity contribution in [1.29, 1.82) is 0 Å². The molecule has 3 rings (SSSR count). The molecule has 0 fully saturated rings. The highest BCUT2D eigenvalue weighted by atomic mass is 19.2. The summed E-state index contributed by atoms with van der Waals surface area (Å²) in [4.78, 5) is 25.4. The van der Waals surface area contributed by atoms with Crippen molar-refractivity contribution in [3.63, 3.8) is 0 Å². The van der Waals surface area contributed by atoms with Crippen molar-refractivity contribution in [2.45, 2.75) is 39.3 Å². The van der Waals surface area contributed by atoms with Gasteiger partial charge in [-0.1, -0.05) is 13.0 Å². The molecule has 8 heteroatoms. The van der Waals surface area contributed by atoms with Crippen molar-refractivity contribution in [1.82, 2.24) is 14.7 Å². The zero-order valence-corrected chi connectivity index (χ0v) is 15.0. The van der Waals surface area contributed by atoms with Crippen LogP contribution in [0.2, 0.25) is 0 Å². The summed E-state index contributed by atoms with van der Waals surface area (Å²) < 4.78 is 28.5. The Hall–Kier alpha value is -2.77. The molecule has 0 aliphatic carbocycles. The monoisotopic (exact) mass is 377 g/mol. The zero-order chi connectivity index (χ0) is 19.6. The molecular weight excluding hydrogens is 356 g/mol. The Morgan fingerprint density at radius 2 is 2.11 bits per heavy atom. The van der Waals surface area contributed by atoms with E-state index in [2.05, 4.69) is 12.0 Å². The Morgan fingerprint density at radius 1 is 1.33 bits per heavy atom. The first kappa shape index (κ1) is 19.0. The summed E-state index contributed by atoms with van der Waals surface area (Å²) in [5.74, 6) is -2.93. The van der Waals surface area contributed by atoms with E-state index in [1.165, 1.54) is 17.2 Å². The summed E-state index contributed by atoms with van der Waals surface area (Å²) in [6.07, 6.45) is 2.98. The van der Waals surface area contributed by atoms with Crippen LogP contribution in [0.15, 0.2) is 24.4 Å². The molecule has 1 unspecified atom stereocenters. The van der Waals surface area contributed by atoms with Crippen molar-refractivity contribution in [3.05, 3.63) is 52.9 Å². The van der Waals surface area contributed by atoms with E-state index in [0.29, 0.717) is 17.0 Å². The van der Waals surface area contributed by atoms with Crippen LogP contribution in [0.5, 0.6) is 0 Å². The molecule has 2 heterocycles. The maximum Gasteiger partial charge on any atom is 0.305 e. The van der Waals surface area contributed by atoms with Crippen LogP contribution >= 0.6 is 0 Å². The molecule has 1 aromatic carbocycles. The van der Waals surface area contributed by atoms with E-state index in [1.54, 1.807) is 4.68 Å². The second kappa shape index (κ2) is 7.85. The number of carboxylic acids is 1. The minimum absolute atomic E-state index is 0.0104. The van der Waals surface area contributed by atoms with E-state index < -0.39 is 17.6 Å². The molecule has 144 valence electrons. The fraction of sp³-hybridized carbons (Fsp3) is 0.421. The third kappa shape index (κ3) is 4.32. The molecule has 0 bridgehead atoms. The standard InChI is InChI=1S/C19H21F2N3O3/c1-12-4-7-24-17(8-12)14(10-22-24)19(27)23(6-5-18(25)26)11-13-2-3-15(20)16(21)9-13/h2-3,9-10,12H,4-8,11H2,1H3,(H,25,26). The average Bonchev–Trinajstić information content (AvgIpc) is 3.03. The average molecular weight is 377 g/mol. The number of aromatic nitrogens is 2. The topological polar surface area (TPSA) is 75.4 Å². The maximum atomic E-state index is 13.5. The van der Waals surface area contributed by atoms with Crippen LogP contribution in [-0.4, -0.2) is 38.2 Å². The number of fused-ring (bicyclic) bond motifs is 1. The first-order chi connectivity index (χ1) is 12.8. The van der Waals surface area contributed by atoms with E-state index in [4.69, 9.17) is 5.11 Å². The largest absolute Gasteiger partial charge is 0.481 e. The number of carbonyl (C=O) groups excluding carboxylic acids is 1. The van der Waals surface area contributed by atoms with Crippen LogP contribution in [0.4, 0.5) is 8.78 Å². The van der Waals surface area contributed by atoms with Gasteiger partial charge in [0.1, 0.15) is 0 Å². The van der Waals surface area contributed by atoms with Gasteiger partial charge in [0, 0.05) is 19.6 Å². The molecule has 0 saturated heterocycles. The lowest BCUT2D eigenvalue weighted by Crippen LogP contribution is -2.33. The first-order valence-corrected chi connectivity index (χ1v) is 8.85. The van der Waals surface area contributed by atoms with Crippen LogP contribution < -0.4 is 0 Å². The maximum absolute atomic E-state index is 13.5. The van der Waals surface area contributed by atoms with E-state index in [0.717, 1.165) is 37.2 Å². The van der Waals surface area contributed by atoms with Gasteiger partial charge in [-0.15, -0.1) is 0 Å². The fourth-order valence-corrected chi connectivity index (χ4v) is 3.28. The van der Waals surface area contributed by atoms with Crippen LogP contribution in [0.3, 0.4) is 0 Å². The van der Waals surface area contributed by atoms with Crippen LogP contribution in [0.25, 0.3) is 0 Å². The predicted molar refractivity (Wildman–Crippen MR) is 93.1 cm³/mol. The molecule has 1 aromatic heterocycles. The number of carbonyl (C=O) groups is 2. The molecule has 1 amide bonds. The zero-order valence-electron chi connectivity index (χ0n) is 15.0. The molecule has 1 aliphatic rings. The molecule has 1 N–H and O–H groups in total. The molecule has 27 heavy (non-hydrogen) atoms. The highest BCUT2D eigenvalue weighted by Gasteiger charge is 2.26. The number of halogens is 2. The van der Waals surface area contributed by atoms with E-state index in [1.807, 2.05) is 0 Å². The second-order valence-electron chi connectivity index (χ2n) is 6.94. The fourth-order valence-electron chi connectivity index (χ4n) is 3.28. The molecule has 0 spiro atoms. The van der Waals surface area contributed by atoms with Crippen molar-refractivity contribution >= 4 is 11.9 Å². The van der Waals surface area contributed by atoms with Crippen LogP contribution in [-0.2, 0) is 24.3 Å². The van der Waals surface area contributed by atoms with Crippen molar-refractivity contribution in [2.24, 2.45) is 5.92 Å². The number of amides is 1. The number of hydrogen-bond acceptors (Lipinski definition) is 3. The molecule has 2 aromatic rings. The Bertz CT molecular complexity index is 866. The van der Waals surface area contributed by atoms with Gasteiger partial charge >= 0.3 is 5.97 Å². The summed E-state index contributed by atoms with van der Waals surface area (Å²) in [6.45, 7) is 2.80. The number of carboxylic acid groups (broad SMARTS) is 1. The van der Waals surface area contributed by atoms with E-state index in [9.17, 15) is 18.4 Å². The predicted octanol–water partition coefficient (Wildman–Crippen LogP) is 2.86. The Morgan fingerprint density at radius 3 is 2.81 bits per heavy atom. The summed E-state index contributed by atoms with van der Waals surface area (Å²) in [5, 5.41) is 13.2. The summed E-state index contributed by atoms with van der Waals surface area (Å²) in [6, 6.07) is 3.40. The normalized spacial score (nSPS) is 16.0. The van der Waals surface area contributed by atoms with Crippen LogP contribution in [0.1, 0.15) is 41.4 Å². The van der Waals surface area contributed by atoms with Gasteiger partial charge in [0.2, 0.25) is 0 Å². The summed E-state index contributed by atoms with van der Waals surface area (Å²) >= 11 is 0. The Kier molecular flexibility index (Phi) is 5.53. The second-order valence-corrected chi connectivity index (χ2v) is 6.94. The SMILES string of the molecule is CC1CCn2ncc(C(=O)N(CCC(=O)O)Cc3ccc(F)c(F)c3)c2C1. The number of rotatable bonds is 6. The van der Waals surface area contributed by atoms with Gasteiger partial charge in [-0.3, -0.25) is 14.3 Å². The minimum atomic E-state index is -1.04. The van der Waals surface area contributed by atoms with Crippen LogP contribution in [0, 0.1) is 17.6 Å². The third-order valence-electron chi connectivity index (χ3n) is 4.79. The Labute approximate surface area is 155 Å². The van der Waals surface area contributed by atoms with Gasteiger partial charge in [-0.05, 0) is 36.5 Å². The third-order valence-corrected chi connectivity index (χ3v) is 4.79. The van der Waals surface area contributed by atoms with Gasteiger partial charge in [0.15, 0.2) is 11.6 Å². The van der Waals surface area contributed by atoms with Crippen molar-refractivity contribution in [3.8, 4) is 0 Å². The number of nitrogens with zero attached hydrogens (tertiary/aromatic N) is 3. The van der Waals surface area contributed by atoms with Gasteiger partial charge in [-0.25, -0.2) is 8.78 Å². The van der Waals surface area contributed by atoms with Gasteiger partial charge in [0.05, 0.1) is 23.9 Å². The first-order valence-electron chi connectivity index (χ1n) is 8.85. The summed E-state index contributed by atoms with van der Waals surface area (Å²) in [5.41, 5.74) is 1.67. The number of benzene rings is 1. The number of hydrogen-bond donors (Lipinski definition) is 1. The smallest absolute Gasteiger partial charge is 0.305 e. The lowest BCUT2D eigenvalue weighted by atomic mass is 9.96. The molecular formula is C19H21F2N3O3. The lowest BCUT2D eigenvalue weighted by Gasteiger charge is -2.24. The van der Waals surface area contributed by atoms with Gasteiger partial charge < -0.3 is 10.0 Å². The van der Waals surface area contributed by atoms with Gasteiger partial charge in [0.25, 0.3) is 5.91 Å². The minimum Gasteiger partial charge on any atom is -0.481 e. The van der Waals surface area contributed by atoms with E-state index in [-0.39, 0.29) is 25.4 Å². The highest BCUT2D eigenvalue weighted by Crippen LogP contribution is 2.24. The molecule has 1 atom stereocenters. The number of aliphatic carboxylic acids is 1. The highest BCUT2D eigenvalue weighted by molar-refractivity contribution is 5.95. The molecule has 1 aliphatic heterocycles.